The number of carbonyl (C=O) groups excluding carboxylic acids is 1. The van der Waals surface area contributed by atoms with Crippen molar-refractivity contribution >= 4 is 6.29 Å². The molecule has 74 valence electrons. The predicted octanol–water partition coefficient (Wildman–Crippen LogP) is 1.32. The molecule has 0 aromatic heterocycles. The number of hydrogen-bond donors (Lipinski definition) is 1. The molecule has 1 heterocycles. The molecule has 0 aromatic rings. The number of hydrogen-bond acceptors (Lipinski definition) is 3. The van der Waals surface area contributed by atoms with Crippen molar-refractivity contribution in [3.8, 4) is 0 Å². The van der Waals surface area contributed by atoms with Gasteiger partial charge in [0.1, 0.15) is 0 Å². The molecule has 1 N–H and O–H groups in total. The average Bonchev–Trinajstić information content (AvgIpc) is 2.94. The Morgan fingerprint density at radius 1 is 1.54 bits per heavy atom. The highest BCUT2D eigenvalue weighted by molar-refractivity contribution is 5.59. The molecule has 13 heavy (non-hydrogen) atoms. The summed E-state index contributed by atoms with van der Waals surface area (Å²) < 4.78 is 0. The highest BCUT2D eigenvalue weighted by atomic mass is 16.1. The van der Waals surface area contributed by atoms with E-state index in [9.17, 15) is 4.79 Å². The van der Waals surface area contributed by atoms with Gasteiger partial charge in [0.2, 0.25) is 0 Å². The van der Waals surface area contributed by atoms with E-state index in [1.54, 1.807) is 0 Å². The monoisotopic (exact) mass is 182 g/mol. The van der Waals surface area contributed by atoms with Gasteiger partial charge in [0.25, 0.3) is 0 Å². The van der Waals surface area contributed by atoms with Crippen molar-refractivity contribution in [1.29, 1.82) is 0 Å². The lowest BCUT2D eigenvalue weighted by atomic mass is 10.3. The molecule has 0 saturated heterocycles. The normalized spacial score (nSPS) is 25.6. The molecule has 1 saturated carbocycles. The van der Waals surface area contributed by atoms with Crippen molar-refractivity contribution < 1.29 is 4.79 Å². The second-order valence-electron chi connectivity index (χ2n) is 3.20. The van der Waals surface area contributed by atoms with Crippen LogP contribution in [0.15, 0.2) is 11.9 Å². The summed E-state index contributed by atoms with van der Waals surface area (Å²) in [6.07, 6.45) is 5.35. The van der Waals surface area contributed by atoms with Crippen molar-refractivity contribution in [2.45, 2.75) is 32.9 Å². The van der Waals surface area contributed by atoms with Crippen molar-refractivity contribution in [1.82, 2.24) is 10.2 Å². The van der Waals surface area contributed by atoms with Gasteiger partial charge in [-0.3, -0.25) is 4.79 Å². The van der Waals surface area contributed by atoms with E-state index in [2.05, 4.69) is 5.32 Å². The lowest BCUT2D eigenvalue weighted by Crippen LogP contribution is -2.35. The molecule has 3 nitrogen and oxygen atoms in total. The van der Waals surface area contributed by atoms with Crippen LogP contribution >= 0.6 is 0 Å². The maximum atomic E-state index is 10.5. The number of carbonyl (C=O) groups is 1. The molecule has 2 rings (SSSR count). The van der Waals surface area contributed by atoms with Crippen molar-refractivity contribution in [2.24, 2.45) is 5.92 Å². The molecule has 1 fully saturated rings. The van der Waals surface area contributed by atoms with Crippen molar-refractivity contribution in [3.63, 3.8) is 0 Å². The first-order valence-corrected chi connectivity index (χ1v) is 4.97. The molecule has 0 bridgehead atoms. The molecule has 0 amide bonds. The fraction of sp³-hybridized carbons (Fsp3) is 0.700. The van der Waals surface area contributed by atoms with Gasteiger partial charge in [0, 0.05) is 24.9 Å². The summed E-state index contributed by atoms with van der Waals surface area (Å²) in [6.45, 7) is 4.00. The largest absolute Gasteiger partial charge is 0.364 e. The van der Waals surface area contributed by atoms with E-state index >= 15 is 0 Å². The van der Waals surface area contributed by atoms with Crippen LogP contribution in [0.25, 0.3) is 0 Å². The Hall–Kier alpha value is -0.990. The minimum atomic E-state index is -0.120. The number of rotatable bonds is 2. The molecule has 3 heteroatoms. The third-order valence-electron chi connectivity index (χ3n) is 2.35. The van der Waals surface area contributed by atoms with E-state index in [1.807, 2.05) is 32.0 Å². The van der Waals surface area contributed by atoms with E-state index in [1.165, 1.54) is 18.5 Å². The Labute approximate surface area is 79.8 Å². The zero-order valence-corrected chi connectivity index (χ0v) is 8.58. The maximum absolute atomic E-state index is 10.5. The van der Waals surface area contributed by atoms with Crippen molar-refractivity contribution in [2.75, 3.05) is 7.05 Å². The van der Waals surface area contributed by atoms with Gasteiger partial charge in [-0.2, -0.15) is 0 Å². The summed E-state index contributed by atoms with van der Waals surface area (Å²) in [5, 5.41) is 3.02. The summed E-state index contributed by atoms with van der Waals surface area (Å²) in [4.78, 5) is 12.5. The topological polar surface area (TPSA) is 32.3 Å². The Kier molecular flexibility index (Phi) is 3.34. The van der Waals surface area contributed by atoms with Gasteiger partial charge in [0.05, 0.1) is 0 Å². The maximum Gasteiger partial charge on any atom is 0.162 e. The summed E-state index contributed by atoms with van der Waals surface area (Å²) in [7, 11) is 1.96. The summed E-state index contributed by atoms with van der Waals surface area (Å²) >= 11 is 0. The summed E-state index contributed by atoms with van der Waals surface area (Å²) in [5.41, 5.74) is 1.29. The van der Waals surface area contributed by atoms with Crippen molar-refractivity contribution in [3.05, 3.63) is 11.9 Å². The third-order valence-corrected chi connectivity index (χ3v) is 2.35. The average molecular weight is 182 g/mol. The number of nitrogens with zero attached hydrogens (tertiary/aromatic N) is 1. The van der Waals surface area contributed by atoms with Crippen LogP contribution in [0.3, 0.4) is 0 Å². The molecule has 0 spiro atoms. The highest BCUT2D eigenvalue weighted by Gasteiger charge is 2.33. The Morgan fingerprint density at radius 2 is 2.15 bits per heavy atom. The molecule has 0 radical (unpaired) electrons. The first-order chi connectivity index (χ1) is 6.33. The van der Waals surface area contributed by atoms with Crippen LogP contribution in [-0.4, -0.2) is 24.4 Å². The van der Waals surface area contributed by atoms with Gasteiger partial charge in [-0.05, 0) is 12.8 Å². The Balaban J connectivity index is 0.000000396. The summed E-state index contributed by atoms with van der Waals surface area (Å²) in [5.74, 6) is 0.720. The quantitative estimate of drug-likeness (QED) is 0.654. The predicted molar refractivity (Wildman–Crippen MR) is 52.9 cm³/mol. The fourth-order valence-electron chi connectivity index (χ4n) is 1.46. The van der Waals surface area contributed by atoms with Crippen LogP contribution in [0, 0.1) is 5.92 Å². The molecular formula is C10H18N2O. The third kappa shape index (κ3) is 2.02. The Bertz CT molecular complexity index is 209. The second kappa shape index (κ2) is 4.30. The second-order valence-corrected chi connectivity index (χ2v) is 3.20. The van der Waals surface area contributed by atoms with Gasteiger partial charge in [-0.15, -0.1) is 0 Å². The number of aldehydes is 1. The van der Waals surface area contributed by atoms with Gasteiger partial charge in [-0.1, -0.05) is 13.8 Å². The van der Waals surface area contributed by atoms with Crippen LogP contribution in [0.2, 0.25) is 0 Å². The van der Waals surface area contributed by atoms with E-state index in [4.69, 9.17) is 0 Å². The first kappa shape index (κ1) is 10.1. The highest BCUT2D eigenvalue weighted by Crippen LogP contribution is 2.39. The van der Waals surface area contributed by atoms with Crippen LogP contribution in [0.5, 0.6) is 0 Å². The van der Waals surface area contributed by atoms with E-state index in [-0.39, 0.29) is 6.17 Å². The molecular weight excluding hydrogens is 164 g/mol. The smallest absolute Gasteiger partial charge is 0.162 e. The van der Waals surface area contributed by atoms with E-state index in [0.717, 1.165) is 12.2 Å². The minimum absolute atomic E-state index is 0.120. The van der Waals surface area contributed by atoms with Crippen LogP contribution in [-0.2, 0) is 4.79 Å². The molecule has 1 aliphatic heterocycles. The van der Waals surface area contributed by atoms with Gasteiger partial charge in [-0.25, -0.2) is 0 Å². The molecule has 1 atom stereocenters. The van der Waals surface area contributed by atoms with Crippen LogP contribution in [0.1, 0.15) is 26.7 Å². The number of nitrogens with one attached hydrogen (secondary N) is 1. The Morgan fingerprint density at radius 3 is 2.54 bits per heavy atom. The lowest BCUT2D eigenvalue weighted by molar-refractivity contribution is -0.111. The number of allylic oxidation sites excluding steroid dienone is 1. The van der Waals surface area contributed by atoms with Crippen LogP contribution < -0.4 is 5.32 Å². The summed E-state index contributed by atoms with van der Waals surface area (Å²) in [6, 6.07) is 0. The number of likely N-dealkylation sites (N-methyl/N-ethyl adjacent to an activating group) is 1. The van der Waals surface area contributed by atoms with Gasteiger partial charge < -0.3 is 10.2 Å². The molecule has 2 aliphatic rings. The molecule has 1 unspecified atom stereocenters. The fourth-order valence-corrected chi connectivity index (χ4v) is 1.46. The zero-order valence-electron chi connectivity index (χ0n) is 8.58. The van der Waals surface area contributed by atoms with Gasteiger partial charge >= 0.3 is 0 Å². The lowest BCUT2D eigenvalue weighted by Gasteiger charge is -2.19. The van der Waals surface area contributed by atoms with E-state index < -0.39 is 0 Å². The molecule has 1 aliphatic carbocycles. The zero-order chi connectivity index (χ0) is 9.84. The SMILES string of the molecule is CC.CN1C(C2CC2)=CNC1C=O. The van der Waals surface area contributed by atoms with E-state index in [0.29, 0.717) is 0 Å². The minimum Gasteiger partial charge on any atom is -0.364 e. The van der Waals surface area contributed by atoms with Gasteiger partial charge in [0.15, 0.2) is 12.5 Å². The van der Waals surface area contributed by atoms with Crippen LogP contribution in [0.4, 0.5) is 0 Å². The first-order valence-electron chi connectivity index (χ1n) is 4.97. The standard InChI is InChI=1S/C8H12N2O.C2H6/c1-10-7(6-2-3-6)4-9-8(10)5-11;1-2/h4-6,8-9H,2-3H2,1H3;1-2H3. The molecule has 0 aromatic carbocycles.